The highest BCUT2D eigenvalue weighted by Crippen LogP contribution is 2.28. The highest BCUT2D eigenvalue weighted by atomic mass is 79.9. The van der Waals surface area contributed by atoms with Crippen LogP contribution in [-0.4, -0.2) is 17.0 Å². The van der Waals surface area contributed by atoms with Gasteiger partial charge in [-0.3, -0.25) is 4.79 Å². The van der Waals surface area contributed by atoms with Gasteiger partial charge in [-0.25, -0.2) is 4.79 Å². The van der Waals surface area contributed by atoms with Gasteiger partial charge < -0.3 is 10.4 Å². The zero-order valence-corrected chi connectivity index (χ0v) is 13.4. The molecule has 0 aliphatic heterocycles. The van der Waals surface area contributed by atoms with Gasteiger partial charge in [-0.05, 0) is 40.9 Å². The molecule has 20 heavy (non-hydrogen) atoms. The molecule has 0 aliphatic rings. The fraction of sp³-hybridized carbons (Fsp3) is 0.467. The van der Waals surface area contributed by atoms with Gasteiger partial charge >= 0.3 is 5.97 Å². The second-order valence-corrected chi connectivity index (χ2v) is 5.56. The Labute approximate surface area is 127 Å². The number of carbonyl (C=O) groups excluding carboxylic acids is 1. The van der Waals surface area contributed by atoms with Gasteiger partial charge in [0, 0.05) is 10.4 Å². The number of nitrogens with one attached hydrogen (secondary N) is 1. The molecule has 1 amide bonds. The van der Waals surface area contributed by atoms with E-state index in [-0.39, 0.29) is 17.4 Å². The van der Waals surface area contributed by atoms with Crippen molar-refractivity contribution in [2.75, 3.05) is 5.32 Å². The molecule has 0 saturated heterocycles. The summed E-state index contributed by atoms with van der Waals surface area (Å²) >= 11 is 3.29. The number of hydrogen-bond acceptors (Lipinski definition) is 2. The average Bonchev–Trinajstić information content (AvgIpc) is 2.41. The Morgan fingerprint density at radius 1 is 1.35 bits per heavy atom. The maximum atomic E-state index is 12.3. The van der Waals surface area contributed by atoms with Crippen LogP contribution in [0.2, 0.25) is 0 Å². The van der Waals surface area contributed by atoms with Gasteiger partial charge in [-0.15, -0.1) is 0 Å². The first-order chi connectivity index (χ1) is 9.51. The quantitative estimate of drug-likeness (QED) is 0.776. The molecule has 110 valence electrons. The Hall–Kier alpha value is -1.36. The van der Waals surface area contributed by atoms with E-state index in [1.54, 1.807) is 12.1 Å². The van der Waals surface area contributed by atoms with E-state index in [2.05, 4.69) is 28.2 Å². The van der Waals surface area contributed by atoms with Crippen LogP contribution in [0.1, 0.15) is 49.9 Å². The van der Waals surface area contributed by atoms with Crippen molar-refractivity contribution in [2.45, 2.75) is 39.5 Å². The molecule has 1 aromatic rings. The molecule has 1 unspecified atom stereocenters. The Balaban J connectivity index is 2.92. The number of aromatic carboxylic acids is 1. The molecule has 0 fully saturated rings. The van der Waals surface area contributed by atoms with Crippen LogP contribution >= 0.6 is 15.9 Å². The van der Waals surface area contributed by atoms with Gasteiger partial charge in [0.25, 0.3) is 0 Å². The molecule has 0 bridgehead atoms. The molecular formula is C15H20BrNO3. The molecule has 0 heterocycles. The minimum atomic E-state index is -1.05. The van der Waals surface area contributed by atoms with Crippen LogP contribution in [0.5, 0.6) is 0 Å². The minimum absolute atomic E-state index is 0.0799. The number of halogens is 1. The smallest absolute Gasteiger partial charge is 0.337 e. The highest BCUT2D eigenvalue weighted by Gasteiger charge is 2.20. The van der Waals surface area contributed by atoms with Crippen LogP contribution in [0.25, 0.3) is 0 Å². The summed E-state index contributed by atoms with van der Waals surface area (Å²) in [5.74, 6) is -1.25. The molecule has 1 rings (SSSR count). The maximum absolute atomic E-state index is 12.3. The number of carboxylic acids is 1. The predicted molar refractivity (Wildman–Crippen MR) is 83.0 cm³/mol. The highest BCUT2D eigenvalue weighted by molar-refractivity contribution is 9.10. The number of carbonyl (C=O) groups is 2. The SMILES string of the molecule is CCCCC(CC)C(=O)Nc1c(Br)cccc1C(=O)O. The average molecular weight is 342 g/mol. The van der Waals surface area contributed by atoms with E-state index in [4.69, 9.17) is 5.11 Å². The Morgan fingerprint density at radius 3 is 2.60 bits per heavy atom. The standard InChI is InChI=1S/C15H20BrNO3/c1-3-5-7-10(4-2)14(18)17-13-11(15(19)20)8-6-9-12(13)16/h6,8-10H,3-5,7H2,1-2H3,(H,17,18)(H,19,20). The lowest BCUT2D eigenvalue weighted by Crippen LogP contribution is -2.23. The largest absolute Gasteiger partial charge is 0.478 e. The van der Waals surface area contributed by atoms with Crippen LogP contribution in [0, 0.1) is 5.92 Å². The fourth-order valence-electron chi connectivity index (χ4n) is 2.03. The first-order valence-corrected chi connectivity index (χ1v) is 7.63. The molecule has 0 spiro atoms. The van der Waals surface area contributed by atoms with Crippen LogP contribution < -0.4 is 5.32 Å². The summed E-state index contributed by atoms with van der Waals surface area (Å²) in [5.41, 5.74) is 0.429. The van der Waals surface area contributed by atoms with Crippen molar-refractivity contribution < 1.29 is 14.7 Å². The van der Waals surface area contributed by atoms with Crippen molar-refractivity contribution >= 4 is 33.5 Å². The zero-order valence-electron chi connectivity index (χ0n) is 11.8. The zero-order chi connectivity index (χ0) is 15.1. The molecule has 2 N–H and O–H groups in total. The summed E-state index contributed by atoms with van der Waals surface area (Å²) < 4.78 is 0.580. The summed E-state index contributed by atoms with van der Waals surface area (Å²) in [5, 5.41) is 11.9. The normalized spacial score (nSPS) is 11.9. The van der Waals surface area contributed by atoms with Crippen LogP contribution in [0.4, 0.5) is 5.69 Å². The number of para-hydroxylation sites is 1. The third-order valence-corrected chi connectivity index (χ3v) is 3.92. The van der Waals surface area contributed by atoms with Crippen molar-refractivity contribution in [1.82, 2.24) is 0 Å². The molecule has 0 aromatic heterocycles. The molecule has 1 aromatic carbocycles. The molecular weight excluding hydrogens is 322 g/mol. The molecule has 4 nitrogen and oxygen atoms in total. The van der Waals surface area contributed by atoms with Crippen LogP contribution in [0.3, 0.4) is 0 Å². The van der Waals surface area contributed by atoms with Gasteiger partial charge in [0.05, 0.1) is 11.3 Å². The summed E-state index contributed by atoms with van der Waals surface area (Å²) in [6.45, 7) is 4.05. The van der Waals surface area contributed by atoms with E-state index in [0.29, 0.717) is 10.2 Å². The third kappa shape index (κ3) is 4.34. The number of carboxylic acid groups (broad SMARTS) is 1. The molecule has 5 heteroatoms. The fourth-order valence-corrected chi connectivity index (χ4v) is 2.49. The van der Waals surface area contributed by atoms with Gasteiger partial charge in [0.2, 0.25) is 5.91 Å². The van der Waals surface area contributed by atoms with Gasteiger partial charge in [-0.2, -0.15) is 0 Å². The Bertz CT molecular complexity index is 488. The van der Waals surface area contributed by atoms with E-state index in [1.165, 1.54) is 6.07 Å². The maximum Gasteiger partial charge on any atom is 0.337 e. The van der Waals surface area contributed by atoms with E-state index < -0.39 is 5.97 Å². The number of anilines is 1. The lowest BCUT2D eigenvalue weighted by atomic mass is 9.98. The van der Waals surface area contributed by atoms with E-state index >= 15 is 0 Å². The number of unbranched alkanes of at least 4 members (excludes halogenated alkanes) is 1. The minimum Gasteiger partial charge on any atom is -0.478 e. The number of benzene rings is 1. The molecule has 0 saturated carbocycles. The van der Waals surface area contributed by atoms with Crippen molar-refractivity contribution in [3.63, 3.8) is 0 Å². The molecule has 0 aliphatic carbocycles. The number of hydrogen-bond donors (Lipinski definition) is 2. The summed E-state index contributed by atoms with van der Waals surface area (Å²) in [7, 11) is 0. The van der Waals surface area contributed by atoms with Crippen molar-refractivity contribution in [3.8, 4) is 0 Å². The van der Waals surface area contributed by atoms with E-state index in [9.17, 15) is 9.59 Å². The number of amides is 1. The summed E-state index contributed by atoms with van der Waals surface area (Å²) in [4.78, 5) is 23.4. The van der Waals surface area contributed by atoms with Gasteiger partial charge in [0.15, 0.2) is 0 Å². The van der Waals surface area contributed by atoms with Gasteiger partial charge in [-0.1, -0.05) is 32.8 Å². The Morgan fingerprint density at radius 2 is 2.05 bits per heavy atom. The Kier molecular flexibility index (Phi) is 6.71. The summed E-state index contributed by atoms with van der Waals surface area (Å²) in [6.07, 6.45) is 3.61. The lowest BCUT2D eigenvalue weighted by Gasteiger charge is -2.16. The first kappa shape index (κ1) is 16.7. The predicted octanol–water partition coefficient (Wildman–Crippen LogP) is 4.30. The van der Waals surface area contributed by atoms with Crippen LogP contribution in [-0.2, 0) is 4.79 Å². The monoisotopic (exact) mass is 341 g/mol. The van der Waals surface area contributed by atoms with Gasteiger partial charge in [0.1, 0.15) is 0 Å². The topological polar surface area (TPSA) is 66.4 Å². The number of rotatable bonds is 7. The lowest BCUT2D eigenvalue weighted by molar-refractivity contribution is -0.120. The first-order valence-electron chi connectivity index (χ1n) is 6.83. The van der Waals surface area contributed by atoms with E-state index in [1.807, 2.05) is 6.92 Å². The molecule has 0 radical (unpaired) electrons. The van der Waals surface area contributed by atoms with Crippen molar-refractivity contribution in [1.29, 1.82) is 0 Å². The second-order valence-electron chi connectivity index (χ2n) is 4.70. The van der Waals surface area contributed by atoms with Crippen molar-refractivity contribution in [3.05, 3.63) is 28.2 Å². The van der Waals surface area contributed by atoms with Crippen LogP contribution in [0.15, 0.2) is 22.7 Å². The second kappa shape index (κ2) is 8.04. The third-order valence-electron chi connectivity index (χ3n) is 3.26. The molecule has 1 atom stereocenters. The van der Waals surface area contributed by atoms with E-state index in [0.717, 1.165) is 25.7 Å². The van der Waals surface area contributed by atoms with Crippen molar-refractivity contribution in [2.24, 2.45) is 5.92 Å². The summed E-state index contributed by atoms with van der Waals surface area (Å²) in [6, 6.07) is 4.84.